The van der Waals surface area contributed by atoms with E-state index in [1.165, 1.54) is 18.3 Å². The molecule has 1 aromatic heterocycles. The number of aromatic hydroxyl groups is 1. The van der Waals surface area contributed by atoms with Crippen molar-refractivity contribution in [1.82, 2.24) is 10.3 Å². The maximum atomic E-state index is 12.2. The lowest BCUT2D eigenvalue weighted by Gasteiger charge is -2.29. The van der Waals surface area contributed by atoms with Gasteiger partial charge in [-0.05, 0) is 25.0 Å². The van der Waals surface area contributed by atoms with Gasteiger partial charge >= 0.3 is 5.97 Å². The number of nitrogens with zero attached hydrogens (tertiary/aromatic N) is 1. The number of carboxylic acid groups (broad SMARTS) is 1. The Balaban J connectivity index is 2.22. The third kappa shape index (κ3) is 2.89. The van der Waals surface area contributed by atoms with Crippen molar-refractivity contribution >= 4 is 11.9 Å². The van der Waals surface area contributed by atoms with Gasteiger partial charge in [-0.3, -0.25) is 4.79 Å². The first kappa shape index (κ1) is 14.3. The Morgan fingerprint density at radius 3 is 2.40 bits per heavy atom. The third-order valence-electron chi connectivity index (χ3n) is 3.72. The van der Waals surface area contributed by atoms with Gasteiger partial charge in [-0.25, -0.2) is 9.78 Å². The molecule has 1 aromatic rings. The molecule has 2 rings (SSSR count). The van der Waals surface area contributed by atoms with Crippen LogP contribution in [0.1, 0.15) is 49.0 Å². The highest BCUT2D eigenvalue weighted by molar-refractivity contribution is 5.98. The van der Waals surface area contributed by atoms with E-state index in [0.29, 0.717) is 12.8 Å². The molecule has 6 nitrogen and oxygen atoms in total. The Labute approximate surface area is 116 Å². The van der Waals surface area contributed by atoms with Crippen LogP contribution < -0.4 is 5.32 Å². The summed E-state index contributed by atoms with van der Waals surface area (Å²) in [4.78, 5) is 27.5. The quantitative estimate of drug-likeness (QED) is 0.731. The van der Waals surface area contributed by atoms with Crippen LogP contribution in [0.4, 0.5) is 0 Å². The van der Waals surface area contributed by atoms with Crippen LogP contribution >= 0.6 is 0 Å². The summed E-state index contributed by atoms with van der Waals surface area (Å²) in [6.07, 6.45) is 5.67. The zero-order valence-corrected chi connectivity index (χ0v) is 11.1. The molecule has 0 atom stereocenters. The van der Waals surface area contributed by atoms with E-state index in [2.05, 4.69) is 10.3 Å². The molecule has 1 aliphatic carbocycles. The number of amides is 1. The second-order valence-electron chi connectivity index (χ2n) is 5.13. The summed E-state index contributed by atoms with van der Waals surface area (Å²) in [5, 5.41) is 21.7. The lowest BCUT2D eigenvalue weighted by atomic mass is 9.90. The highest BCUT2D eigenvalue weighted by atomic mass is 16.4. The molecule has 0 unspecified atom stereocenters. The van der Waals surface area contributed by atoms with Gasteiger partial charge in [0.15, 0.2) is 5.69 Å². The monoisotopic (exact) mass is 278 g/mol. The van der Waals surface area contributed by atoms with Crippen molar-refractivity contribution in [2.75, 3.05) is 0 Å². The molecule has 0 aliphatic heterocycles. The topological polar surface area (TPSA) is 99.5 Å². The van der Waals surface area contributed by atoms with Crippen LogP contribution in [0.2, 0.25) is 0 Å². The summed E-state index contributed by atoms with van der Waals surface area (Å²) in [7, 11) is 0. The van der Waals surface area contributed by atoms with Crippen molar-refractivity contribution in [3.8, 4) is 5.75 Å². The van der Waals surface area contributed by atoms with Crippen molar-refractivity contribution in [3.05, 3.63) is 24.0 Å². The van der Waals surface area contributed by atoms with Crippen LogP contribution in [-0.2, 0) is 4.79 Å². The number of aliphatic carboxylic acids is 1. The van der Waals surface area contributed by atoms with Crippen LogP contribution in [0, 0.1) is 0 Å². The van der Waals surface area contributed by atoms with Crippen LogP contribution in [-0.4, -0.2) is 32.6 Å². The van der Waals surface area contributed by atoms with E-state index in [1.54, 1.807) is 0 Å². The molecule has 1 saturated carbocycles. The largest absolute Gasteiger partial charge is 0.505 e. The van der Waals surface area contributed by atoms with E-state index in [1.807, 2.05) is 0 Å². The molecule has 1 fully saturated rings. The number of pyridine rings is 1. The second-order valence-corrected chi connectivity index (χ2v) is 5.13. The number of aromatic nitrogens is 1. The molecular weight excluding hydrogens is 260 g/mol. The number of carboxylic acids is 1. The normalized spacial score (nSPS) is 18.0. The number of hydrogen-bond acceptors (Lipinski definition) is 4. The standard InChI is InChI=1S/C14H18N2O4/c17-10-6-5-9-15-11(10)12(18)16-14(13(19)20)7-3-1-2-4-8-14/h5-6,9,17H,1-4,7-8H2,(H,16,18)(H,19,20). The van der Waals surface area contributed by atoms with Crippen molar-refractivity contribution in [2.24, 2.45) is 0 Å². The van der Waals surface area contributed by atoms with Crippen molar-refractivity contribution in [1.29, 1.82) is 0 Å². The Kier molecular flexibility index (Phi) is 4.22. The number of rotatable bonds is 3. The van der Waals surface area contributed by atoms with Gasteiger partial charge in [0, 0.05) is 6.20 Å². The van der Waals surface area contributed by atoms with Crippen molar-refractivity contribution in [3.63, 3.8) is 0 Å². The van der Waals surface area contributed by atoms with E-state index in [-0.39, 0.29) is 11.4 Å². The SMILES string of the molecule is O=C(NC1(C(=O)O)CCCCCC1)c1ncccc1O. The van der Waals surface area contributed by atoms with E-state index in [4.69, 9.17) is 0 Å². The Hall–Kier alpha value is -2.11. The molecule has 0 bridgehead atoms. The summed E-state index contributed by atoms with van der Waals surface area (Å²) in [5.74, 6) is -1.92. The molecule has 1 aliphatic rings. The predicted molar refractivity (Wildman–Crippen MR) is 71.4 cm³/mol. The summed E-state index contributed by atoms with van der Waals surface area (Å²) in [5.41, 5.74) is -1.39. The van der Waals surface area contributed by atoms with Crippen LogP contribution in [0.15, 0.2) is 18.3 Å². The molecule has 108 valence electrons. The van der Waals surface area contributed by atoms with E-state index in [0.717, 1.165) is 25.7 Å². The minimum Gasteiger partial charge on any atom is -0.505 e. The molecule has 1 heterocycles. The van der Waals surface area contributed by atoms with E-state index >= 15 is 0 Å². The molecule has 0 saturated heterocycles. The van der Waals surface area contributed by atoms with Gasteiger partial charge in [0.25, 0.3) is 5.91 Å². The lowest BCUT2D eigenvalue weighted by Crippen LogP contribution is -2.54. The van der Waals surface area contributed by atoms with Gasteiger partial charge in [0.2, 0.25) is 0 Å². The minimum atomic E-state index is -1.25. The summed E-state index contributed by atoms with van der Waals surface area (Å²) >= 11 is 0. The number of nitrogens with one attached hydrogen (secondary N) is 1. The molecule has 3 N–H and O–H groups in total. The fourth-order valence-corrected chi connectivity index (χ4v) is 2.57. The maximum absolute atomic E-state index is 12.2. The van der Waals surface area contributed by atoms with E-state index in [9.17, 15) is 19.8 Å². The van der Waals surface area contributed by atoms with Crippen LogP contribution in [0.25, 0.3) is 0 Å². The first-order valence-electron chi connectivity index (χ1n) is 6.75. The van der Waals surface area contributed by atoms with Crippen LogP contribution in [0.3, 0.4) is 0 Å². The van der Waals surface area contributed by atoms with E-state index < -0.39 is 17.4 Å². The van der Waals surface area contributed by atoms with Gasteiger partial charge in [-0.2, -0.15) is 0 Å². The molecule has 6 heteroatoms. The van der Waals surface area contributed by atoms with Gasteiger partial charge in [-0.1, -0.05) is 25.7 Å². The molecular formula is C14H18N2O4. The first-order chi connectivity index (χ1) is 9.55. The molecule has 0 radical (unpaired) electrons. The van der Waals surface area contributed by atoms with Crippen LogP contribution in [0.5, 0.6) is 5.75 Å². The van der Waals surface area contributed by atoms with Gasteiger partial charge in [-0.15, -0.1) is 0 Å². The second kappa shape index (κ2) is 5.90. The van der Waals surface area contributed by atoms with Crippen molar-refractivity contribution in [2.45, 2.75) is 44.1 Å². The smallest absolute Gasteiger partial charge is 0.329 e. The summed E-state index contributed by atoms with van der Waals surface area (Å²) in [6.45, 7) is 0. The summed E-state index contributed by atoms with van der Waals surface area (Å²) < 4.78 is 0. The fourth-order valence-electron chi connectivity index (χ4n) is 2.57. The lowest BCUT2D eigenvalue weighted by molar-refractivity contribution is -0.145. The number of hydrogen-bond donors (Lipinski definition) is 3. The Morgan fingerprint density at radius 2 is 1.85 bits per heavy atom. The number of carbonyl (C=O) groups is 2. The molecule has 0 spiro atoms. The minimum absolute atomic E-state index is 0.141. The van der Waals surface area contributed by atoms with Crippen molar-refractivity contribution < 1.29 is 19.8 Å². The fraction of sp³-hybridized carbons (Fsp3) is 0.500. The van der Waals surface area contributed by atoms with Gasteiger partial charge in [0.1, 0.15) is 11.3 Å². The highest BCUT2D eigenvalue weighted by Crippen LogP contribution is 2.28. The zero-order chi connectivity index (χ0) is 14.6. The predicted octanol–water partition coefficient (Wildman–Crippen LogP) is 1.69. The first-order valence-corrected chi connectivity index (χ1v) is 6.75. The molecule has 20 heavy (non-hydrogen) atoms. The Morgan fingerprint density at radius 1 is 1.20 bits per heavy atom. The average molecular weight is 278 g/mol. The molecule has 0 aromatic carbocycles. The average Bonchev–Trinajstić information content (AvgIpc) is 2.65. The zero-order valence-electron chi connectivity index (χ0n) is 11.1. The number of carbonyl (C=O) groups excluding carboxylic acids is 1. The maximum Gasteiger partial charge on any atom is 0.329 e. The van der Waals surface area contributed by atoms with Gasteiger partial charge in [0.05, 0.1) is 0 Å². The third-order valence-corrected chi connectivity index (χ3v) is 3.72. The van der Waals surface area contributed by atoms with Gasteiger partial charge < -0.3 is 15.5 Å². The molecule has 1 amide bonds. The Bertz CT molecular complexity index is 508. The highest BCUT2D eigenvalue weighted by Gasteiger charge is 2.40. The summed E-state index contributed by atoms with van der Waals surface area (Å²) in [6, 6.07) is 2.85.